The fraction of sp³-hybridized carbons (Fsp3) is 0.0909. The van der Waals surface area contributed by atoms with Gasteiger partial charge in [0.15, 0.2) is 6.33 Å². The maximum Gasteiger partial charge on any atom is 0.361 e. The number of carbonyl (C=O) groups is 1. The Morgan fingerprint density at radius 3 is 2.73 bits per heavy atom. The van der Waals surface area contributed by atoms with E-state index in [-0.39, 0.29) is 11.3 Å². The van der Waals surface area contributed by atoms with Gasteiger partial charge in [-0.05, 0) is 17.1 Å². The van der Waals surface area contributed by atoms with E-state index >= 15 is 0 Å². The highest BCUT2D eigenvalue weighted by molar-refractivity contribution is 7.92. The Kier molecular flexibility index (Phi) is 4.08. The topological polar surface area (TPSA) is 144 Å². The summed E-state index contributed by atoms with van der Waals surface area (Å²) in [5, 5.41) is 9.99. The maximum atomic E-state index is 12.2. The van der Waals surface area contributed by atoms with E-state index in [1.165, 1.54) is 24.3 Å². The molecule has 116 valence electrons. The van der Waals surface area contributed by atoms with Crippen molar-refractivity contribution in [3.8, 4) is 0 Å². The zero-order valence-electron chi connectivity index (χ0n) is 11.1. The van der Waals surface area contributed by atoms with Crippen LogP contribution in [0, 0.1) is 10.1 Å². The number of aromatic amines is 1. The molecule has 0 aliphatic carbocycles. The first-order chi connectivity index (χ1) is 10.4. The highest BCUT2D eigenvalue weighted by Crippen LogP contribution is 2.24. The summed E-state index contributed by atoms with van der Waals surface area (Å²) in [7, 11) is -3.21. The number of para-hydroxylation sites is 1. The number of rotatable bonds is 5. The molecular formula is C11H10N4O6S. The Morgan fingerprint density at radius 2 is 2.09 bits per heavy atom. The molecule has 1 aromatic carbocycles. The molecule has 0 atom stereocenters. The SMILES string of the molecule is COC(=O)c1ccccc1NS(=O)(=O)c1nc[nH]c1[N+](=O)[O-]. The Bertz CT molecular complexity index is 829. The van der Waals surface area contributed by atoms with Crippen LogP contribution >= 0.6 is 0 Å². The van der Waals surface area contributed by atoms with Gasteiger partial charge in [-0.1, -0.05) is 12.1 Å². The normalized spacial score (nSPS) is 11.0. The molecular weight excluding hydrogens is 316 g/mol. The maximum absolute atomic E-state index is 12.2. The van der Waals surface area contributed by atoms with Crippen LogP contribution in [0.5, 0.6) is 0 Å². The lowest BCUT2D eigenvalue weighted by Crippen LogP contribution is -2.17. The number of methoxy groups -OCH3 is 1. The number of benzene rings is 1. The van der Waals surface area contributed by atoms with Crippen LogP contribution in [0.3, 0.4) is 0 Å². The molecule has 1 aromatic heterocycles. The first-order valence-electron chi connectivity index (χ1n) is 5.74. The molecule has 2 N–H and O–H groups in total. The predicted octanol–water partition coefficient (Wildman–Crippen LogP) is 0.905. The summed E-state index contributed by atoms with van der Waals surface area (Å²) < 4.78 is 31.0. The van der Waals surface area contributed by atoms with Gasteiger partial charge in [0, 0.05) is 0 Å². The predicted molar refractivity (Wildman–Crippen MR) is 73.8 cm³/mol. The van der Waals surface area contributed by atoms with Gasteiger partial charge in [0.2, 0.25) is 0 Å². The number of sulfonamides is 1. The quantitative estimate of drug-likeness (QED) is 0.472. The van der Waals surface area contributed by atoms with Gasteiger partial charge in [0.25, 0.3) is 15.0 Å². The summed E-state index contributed by atoms with van der Waals surface area (Å²) in [4.78, 5) is 27.0. The number of nitrogens with zero attached hydrogens (tertiary/aromatic N) is 2. The summed E-state index contributed by atoms with van der Waals surface area (Å²) in [6, 6.07) is 5.68. The monoisotopic (exact) mass is 326 g/mol. The van der Waals surface area contributed by atoms with Crippen molar-refractivity contribution in [2.45, 2.75) is 5.03 Å². The highest BCUT2D eigenvalue weighted by Gasteiger charge is 2.29. The summed E-state index contributed by atoms with van der Waals surface area (Å²) in [5.41, 5.74) is -0.113. The minimum Gasteiger partial charge on any atom is -0.465 e. The van der Waals surface area contributed by atoms with E-state index < -0.39 is 31.8 Å². The van der Waals surface area contributed by atoms with Crippen molar-refractivity contribution >= 4 is 27.5 Å². The van der Waals surface area contributed by atoms with E-state index in [0.717, 1.165) is 13.4 Å². The van der Waals surface area contributed by atoms with Gasteiger partial charge < -0.3 is 14.9 Å². The molecule has 0 unspecified atom stereocenters. The summed E-state index contributed by atoms with van der Waals surface area (Å²) in [6.45, 7) is 0. The Morgan fingerprint density at radius 1 is 1.41 bits per heavy atom. The van der Waals surface area contributed by atoms with Crippen LogP contribution in [0.25, 0.3) is 0 Å². The van der Waals surface area contributed by atoms with E-state index in [4.69, 9.17) is 0 Å². The van der Waals surface area contributed by atoms with Gasteiger partial charge in [-0.25, -0.2) is 9.78 Å². The second kappa shape index (κ2) is 5.81. The lowest BCUT2D eigenvalue weighted by atomic mass is 10.2. The molecule has 0 radical (unpaired) electrons. The van der Waals surface area contributed by atoms with E-state index in [0.29, 0.717) is 0 Å². The van der Waals surface area contributed by atoms with Crippen molar-refractivity contribution in [2.75, 3.05) is 11.8 Å². The van der Waals surface area contributed by atoms with Gasteiger partial charge in [0.05, 0.1) is 18.4 Å². The first-order valence-corrected chi connectivity index (χ1v) is 7.23. The second-order valence-electron chi connectivity index (χ2n) is 3.96. The highest BCUT2D eigenvalue weighted by atomic mass is 32.2. The fourth-order valence-corrected chi connectivity index (χ4v) is 2.80. The number of hydrogen-bond acceptors (Lipinski definition) is 7. The summed E-state index contributed by atoms with van der Waals surface area (Å²) in [5.74, 6) is -1.53. The molecule has 2 aromatic rings. The van der Waals surface area contributed by atoms with Crippen molar-refractivity contribution in [3.63, 3.8) is 0 Å². The van der Waals surface area contributed by atoms with Crippen molar-refractivity contribution in [2.24, 2.45) is 0 Å². The number of hydrogen-bond donors (Lipinski definition) is 2. The van der Waals surface area contributed by atoms with Crippen LogP contribution in [0.4, 0.5) is 11.5 Å². The number of ether oxygens (including phenoxy) is 1. The minimum atomic E-state index is -4.35. The summed E-state index contributed by atoms with van der Waals surface area (Å²) in [6.07, 6.45) is 0.888. The van der Waals surface area contributed by atoms with Crippen LogP contribution in [0.2, 0.25) is 0 Å². The van der Waals surface area contributed by atoms with Crippen LogP contribution in [-0.2, 0) is 14.8 Å². The third-order valence-electron chi connectivity index (χ3n) is 2.60. The third kappa shape index (κ3) is 2.88. The fourth-order valence-electron chi connectivity index (χ4n) is 1.66. The number of nitrogens with one attached hydrogen (secondary N) is 2. The van der Waals surface area contributed by atoms with Gasteiger partial charge in [-0.2, -0.15) is 13.4 Å². The number of imidazole rings is 1. The Hall–Kier alpha value is -2.95. The van der Waals surface area contributed by atoms with Gasteiger partial charge in [0.1, 0.15) is 0 Å². The average Bonchev–Trinajstić information content (AvgIpc) is 2.97. The molecule has 0 saturated carbocycles. The summed E-state index contributed by atoms with van der Waals surface area (Å²) >= 11 is 0. The molecule has 2 rings (SSSR count). The van der Waals surface area contributed by atoms with Gasteiger partial charge in [-0.15, -0.1) is 0 Å². The number of H-pyrrole nitrogens is 1. The molecule has 1 heterocycles. The number of aromatic nitrogens is 2. The Labute approximate surface area is 124 Å². The number of carbonyl (C=O) groups excluding carboxylic acids is 1. The van der Waals surface area contributed by atoms with Crippen molar-refractivity contribution in [3.05, 3.63) is 46.3 Å². The minimum absolute atomic E-state index is 0.0354. The standard InChI is InChI=1S/C11H10N4O6S/c1-21-11(16)7-4-2-3-5-8(7)14-22(19,20)10-9(15(17)18)12-6-13-10/h2-6,14H,1H3,(H,12,13). The zero-order valence-corrected chi connectivity index (χ0v) is 12.0. The average molecular weight is 326 g/mol. The molecule has 22 heavy (non-hydrogen) atoms. The molecule has 11 heteroatoms. The largest absolute Gasteiger partial charge is 0.465 e. The lowest BCUT2D eigenvalue weighted by molar-refractivity contribution is -0.392. The molecule has 0 spiro atoms. The third-order valence-corrected chi connectivity index (χ3v) is 3.90. The number of anilines is 1. The smallest absolute Gasteiger partial charge is 0.361 e. The molecule has 0 saturated heterocycles. The number of esters is 1. The van der Waals surface area contributed by atoms with Crippen molar-refractivity contribution < 1.29 is 22.9 Å². The molecule has 0 aliphatic rings. The van der Waals surface area contributed by atoms with Crippen LogP contribution in [0.1, 0.15) is 10.4 Å². The van der Waals surface area contributed by atoms with Crippen molar-refractivity contribution in [1.82, 2.24) is 9.97 Å². The van der Waals surface area contributed by atoms with Crippen LogP contribution in [0.15, 0.2) is 35.6 Å². The molecule has 0 amide bonds. The second-order valence-corrected chi connectivity index (χ2v) is 5.55. The first kappa shape index (κ1) is 15.4. The Balaban J connectivity index is 2.44. The van der Waals surface area contributed by atoms with Crippen LogP contribution < -0.4 is 4.72 Å². The van der Waals surface area contributed by atoms with E-state index in [1.54, 1.807) is 0 Å². The van der Waals surface area contributed by atoms with E-state index in [9.17, 15) is 23.3 Å². The van der Waals surface area contributed by atoms with Crippen LogP contribution in [-0.4, -0.2) is 36.4 Å². The molecule has 10 nitrogen and oxygen atoms in total. The zero-order chi connectivity index (χ0) is 16.3. The van der Waals surface area contributed by atoms with Crippen molar-refractivity contribution in [1.29, 1.82) is 0 Å². The van der Waals surface area contributed by atoms with E-state index in [2.05, 4.69) is 19.4 Å². The molecule has 0 bridgehead atoms. The van der Waals surface area contributed by atoms with E-state index in [1.807, 2.05) is 0 Å². The molecule has 0 fully saturated rings. The van der Waals surface area contributed by atoms with Gasteiger partial charge in [-0.3, -0.25) is 4.72 Å². The molecule has 0 aliphatic heterocycles. The number of nitro groups is 1. The van der Waals surface area contributed by atoms with Gasteiger partial charge >= 0.3 is 11.8 Å². The lowest BCUT2D eigenvalue weighted by Gasteiger charge is -2.09.